The van der Waals surface area contributed by atoms with E-state index in [1.807, 2.05) is 6.07 Å². The summed E-state index contributed by atoms with van der Waals surface area (Å²) in [6.07, 6.45) is 1.30. The second-order valence-corrected chi connectivity index (χ2v) is 6.77. The van der Waals surface area contributed by atoms with E-state index in [0.29, 0.717) is 11.6 Å². The maximum atomic E-state index is 12.5. The number of ether oxygens (including phenoxy) is 1. The molecular formula is C19H18ClN3O5. The van der Waals surface area contributed by atoms with Crippen LogP contribution in [0, 0.1) is 6.92 Å². The van der Waals surface area contributed by atoms with Gasteiger partial charge in [0.2, 0.25) is 5.71 Å². The first kappa shape index (κ1) is 19.6. The number of hydrogen-bond acceptors (Lipinski definition) is 6. The van der Waals surface area contributed by atoms with Crippen LogP contribution in [0.1, 0.15) is 21.7 Å². The van der Waals surface area contributed by atoms with Crippen molar-refractivity contribution in [3.8, 4) is 0 Å². The third-order valence-corrected chi connectivity index (χ3v) is 4.45. The van der Waals surface area contributed by atoms with Crippen LogP contribution in [-0.2, 0) is 23.1 Å². The van der Waals surface area contributed by atoms with Gasteiger partial charge in [-0.1, -0.05) is 23.7 Å². The molecule has 0 N–H and O–H groups in total. The van der Waals surface area contributed by atoms with Gasteiger partial charge in [0.15, 0.2) is 6.61 Å². The molecule has 146 valence electrons. The molecule has 0 bridgehead atoms. The van der Waals surface area contributed by atoms with E-state index < -0.39 is 24.0 Å². The number of rotatable bonds is 5. The van der Waals surface area contributed by atoms with Crippen molar-refractivity contribution < 1.29 is 18.7 Å². The topological polar surface area (TPSA) is 94.6 Å². The number of esters is 1. The first-order valence-electron chi connectivity index (χ1n) is 8.38. The molecule has 8 nitrogen and oxygen atoms in total. The molecular weight excluding hydrogens is 386 g/mol. The number of halogens is 1. The van der Waals surface area contributed by atoms with Gasteiger partial charge >= 0.3 is 5.97 Å². The standard InChI is InChI=1S/C19H18ClN3O5/c1-11-15(16-17(28-11)21-10-23(3)18(16)25)19(26)27-9-14(24)22(2)8-12-5-4-6-13(20)7-12/h4-7,10H,8-9H2,1-3H3. The van der Waals surface area contributed by atoms with Gasteiger partial charge in [-0.3, -0.25) is 9.59 Å². The average molecular weight is 404 g/mol. The molecule has 1 amide bonds. The van der Waals surface area contributed by atoms with E-state index in [-0.39, 0.29) is 22.4 Å². The van der Waals surface area contributed by atoms with Crippen LogP contribution >= 0.6 is 11.6 Å². The first-order chi connectivity index (χ1) is 13.3. The van der Waals surface area contributed by atoms with Gasteiger partial charge in [0.1, 0.15) is 23.0 Å². The molecule has 1 aromatic carbocycles. The van der Waals surface area contributed by atoms with E-state index in [9.17, 15) is 14.4 Å². The molecule has 2 aromatic heterocycles. The lowest BCUT2D eigenvalue weighted by Gasteiger charge is -2.17. The first-order valence-corrected chi connectivity index (χ1v) is 8.76. The number of furan rings is 1. The zero-order valence-electron chi connectivity index (χ0n) is 15.6. The summed E-state index contributed by atoms with van der Waals surface area (Å²) in [5, 5.41) is 0.606. The number of nitrogens with zero attached hydrogens (tertiary/aromatic N) is 3. The normalized spacial score (nSPS) is 10.9. The molecule has 9 heteroatoms. The highest BCUT2D eigenvalue weighted by Gasteiger charge is 2.24. The molecule has 0 radical (unpaired) electrons. The lowest BCUT2D eigenvalue weighted by molar-refractivity contribution is -0.133. The molecule has 0 atom stereocenters. The molecule has 0 spiro atoms. The Hall–Kier alpha value is -3.13. The van der Waals surface area contributed by atoms with Crippen molar-refractivity contribution >= 4 is 34.6 Å². The van der Waals surface area contributed by atoms with Gasteiger partial charge in [0.05, 0.1) is 0 Å². The lowest BCUT2D eigenvalue weighted by atomic mass is 10.2. The second-order valence-electron chi connectivity index (χ2n) is 6.33. The third kappa shape index (κ3) is 3.91. The van der Waals surface area contributed by atoms with Crippen molar-refractivity contribution in [3.05, 3.63) is 62.9 Å². The van der Waals surface area contributed by atoms with Crippen LogP contribution in [0.3, 0.4) is 0 Å². The van der Waals surface area contributed by atoms with Gasteiger partial charge in [-0.2, -0.15) is 0 Å². The largest absolute Gasteiger partial charge is 0.452 e. The van der Waals surface area contributed by atoms with E-state index in [2.05, 4.69) is 4.98 Å². The van der Waals surface area contributed by atoms with E-state index in [4.69, 9.17) is 20.8 Å². The highest BCUT2D eigenvalue weighted by molar-refractivity contribution is 6.30. The van der Waals surface area contributed by atoms with Crippen LogP contribution in [0.25, 0.3) is 11.1 Å². The van der Waals surface area contributed by atoms with E-state index in [1.54, 1.807) is 25.2 Å². The van der Waals surface area contributed by atoms with Crippen molar-refractivity contribution in [1.82, 2.24) is 14.5 Å². The average Bonchev–Trinajstić information content (AvgIpc) is 2.99. The van der Waals surface area contributed by atoms with Crippen molar-refractivity contribution in [2.24, 2.45) is 7.05 Å². The lowest BCUT2D eigenvalue weighted by Crippen LogP contribution is -2.31. The van der Waals surface area contributed by atoms with E-state index in [0.717, 1.165) is 5.56 Å². The van der Waals surface area contributed by atoms with Crippen LogP contribution in [0.15, 0.2) is 39.8 Å². The third-order valence-electron chi connectivity index (χ3n) is 4.21. The molecule has 28 heavy (non-hydrogen) atoms. The molecule has 0 saturated carbocycles. The van der Waals surface area contributed by atoms with E-state index in [1.165, 1.54) is 29.8 Å². The molecule has 0 unspecified atom stereocenters. The predicted molar refractivity (Wildman–Crippen MR) is 102 cm³/mol. The number of benzene rings is 1. The fraction of sp³-hybridized carbons (Fsp3) is 0.263. The molecule has 0 aliphatic rings. The number of carbonyl (C=O) groups is 2. The number of carbonyl (C=O) groups excluding carboxylic acids is 2. The van der Waals surface area contributed by atoms with Gasteiger partial charge < -0.3 is 18.6 Å². The summed E-state index contributed by atoms with van der Waals surface area (Å²) < 4.78 is 11.7. The molecule has 0 saturated heterocycles. The highest BCUT2D eigenvalue weighted by Crippen LogP contribution is 2.21. The van der Waals surface area contributed by atoms with Crippen LogP contribution in [0.5, 0.6) is 0 Å². The maximum absolute atomic E-state index is 12.5. The zero-order valence-corrected chi connectivity index (χ0v) is 16.3. The quantitative estimate of drug-likeness (QED) is 0.607. The summed E-state index contributed by atoms with van der Waals surface area (Å²) in [5.41, 5.74) is 0.449. The molecule has 3 aromatic rings. The zero-order chi connectivity index (χ0) is 20.4. The summed E-state index contributed by atoms with van der Waals surface area (Å²) in [4.78, 5) is 42.5. The maximum Gasteiger partial charge on any atom is 0.343 e. The van der Waals surface area contributed by atoms with Crippen molar-refractivity contribution in [3.63, 3.8) is 0 Å². The number of fused-ring (bicyclic) bond motifs is 1. The monoisotopic (exact) mass is 403 g/mol. The molecule has 0 aliphatic carbocycles. The summed E-state index contributed by atoms with van der Waals surface area (Å²) in [5.74, 6) is -1.01. The van der Waals surface area contributed by atoms with Gasteiger partial charge in [0, 0.05) is 25.7 Å². The number of amides is 1. The Morgan fingerprint density at radius 3 is 2.82 bits per heavy atom. The summed E-state index contributed by atoms with van der Waals surface area (Å²) >= 11 is 5.94. The smallest absolute Gasteiger partial charge is 0.343 e. The van der Waals surface area contributed by atoms with Gasteiger partial charge in [-0.05, 0) is 24.6 Å². The number of aryl methyl sites for hydroxylation is 2. The molecule has 0 fully saturated rings. The number of aromatic nitrogens is 2. The second kappa shape index (κ2) is 7.85. The fourth-order valence-electron chi connectivity index (χ4n) is 2.74. The Bertz CT molecular complexity index is 1120. The molecule has 2 heterocycles. The van der Waals surface area contributed by atoms with Gasteiger partial charge in [-0.15, -0.1) is 0 Å². The Labute approximate surface area is 165 Å². The van der Waals surface area contributed by atoms with Crippen molar-refractivity contribution in [1.29, 1.82) is 0 Å². The minimum absolute atomic E-state index is 0.0194. The van der Waals surface area contributed by atoms with Crippen molar-refractivity contribution in [2.45, 2.75) is 13.5 Å². The van der Waals surface area contributed by atoms with Crippen LogP contribution in [-0.4, -0.2) is 40.0 Å². The van der Waals surface area contributed by atoms with Gasteiger partial charge in [-0.25, -0.2) is 9.78 Å². The number of likely N-dealkylation sites (N-methyl/N-ethyl adjacent to an activating group) is 1. The van der Waals surface area contributed by atoms with Crippen LogP contribution in [0.4, 0.5) is 0 Å². The highest BCUT2D eigenvalue weighted by atomic mass is 35.5. The minimum Gasteiger partial charge on any atom is -0.452 e. The molecule has 3 rings (SSSR count). The predicted octanol–water partition coefficient (Wildman–Crippen LogP) is 2.30. The SMILES string of the molecule is Cc1oc2ncn(C)c(=O)c2c1C(=O)OCC(=O)N(C)Cc1cccc(Cl)c1. The number of hydrogen-bond donors (Lipinski definition) is 0. The van der Waals surface area contributed by atoms with Crippen LogP contribution in [0.2, 0.25) is 5.02 Å². The van der Waals surface area contributed by atoms with E-state index >= 15 is 0 Å². The summed E-state index contributed by atoms with van der Waals surface area (Å²) in [6, 6.07) is 7.12. The Kier molecular flexibility index (Phi) is 5.51. The Morgan fingerprint density at radius 2 is 2.11 bits per heavy atom. The van der Waals surface area contributed by atoms with Crippen LogP contribution < -0.4 is 5.56 Å². The molecule has 0 aliphatic heterocycles. The Balaban J connectivity index is 1.71. The van der Waals surface area contributed by atoms with Gasteiger partial charge in [0.25, 0.3) is 11.5 Å². The summed E-state index contributed by atoms with van der Waals surface area (Å²) in [7, 11) is 3.11. The van der Waals surface area contributed by atoms with Crippen molar-refractivity contribution in [2.75, 3.05) is 13.7 Å². The fourth-order valence-corrected chi connectivity index (χ4v) is 2.95. The summed E-state index contributed by atoms with van der Waals surface area (Å²) in [6.45, 7) is 1.38. The Morgan fingerprint density at radius 1 is 1.36 bits per heavy atom. The minimum atomic E-state index is -0.814.